The predicted molar refractivity (Wildman–Crippen MR) is 88.6 cm³/mol. The van der Waals surface area contributed by atoms with Gasteiger partial charge in [0.2, 0.25) is 5.91 Å². The summed E-state index contributed by atoms with van der Waals surface area (Å²) in [6.45, 7) is 2.18. The molecular weight excluding hydrogens is 296 g/mol. The summed E-state index contributed by atoms with van der Waals surface area (Å²) in [6.07, 6.45) is 6.01. The molecule has 0 spiro atoms. The van der Waals surface area contributed by atoms with Crippen LogP contribution in [0.4, 0.5) is 5.69 Å². The maximum atomic E-state index is 12.2. The second-order valence-corrected chi connectivity index (χ2v) is 7.02. The van der Waals surface area contributed by atoms with Crippen molar-refractivity contribution in [1.29, 1.82) is 0 Å². The van der Waals surface area contributed by atoms with Gasteiger partial charge in [-0.15, -0.1) is 0 Å². The largest absolute Gasteiger partial charge is 0.350 e. The zero-order chi connectivity index (χ0) is 15.5. The molecule has 1 saturated carbocycles. The van der Waals surface area contributed by atoms with Crippen molar-refractivity contribution in [3.8, 4) is 0 Å². The summed E-state index contributed by atoms with van der Waals surface area (Å²) in [5.41, 5.74) is 0.802. The maximum absolute atomic E-state index is 12.2. The maximum Gasteiger partial charge on any atom is 0.262 e. The molecule has 0 aromatic heterocycles. The number of anilines is 1. The fourth-order valence-corrected chi connectivity index (χ4v) is 3.90. The minimum atomic E-state index is -0.212. The van der Waals surface area contributed by atoms with Crippen molar-refractivity contribution in [3.05, 3.63) is 35.2 Å². The third kappa shape index (κ3) is 3.35. The summed E-state index contributed by atoms with van der Waals surface area (Å²) in [4.78, 5) is 25.7. The van der Waals surface area contributed by atoms with Crippen molar-refractivity contribution in [1.82, 2.24) is 5.32 Å². The van der Waals surface area contributed by atoms with E-state index in [1.807, 2.05) is 24.3 Å². The Balaban J connectivity index is 1.69. The Hall–Kier alpha value is -1.75. The van der Waals surface area contributed by atoms with Crippen LogP contribution in [0.1, 0.15) is 32.6 Å². The van der Waals surface area contributed by atoms with Crippen LogP contribution in [0.25, 0.3) is 0 Å². The number of fused-ring (bicyclic) bond motifs is 1. The molecule has 1 aromatic carbocycles. The van der Waals surface area contributed by atoms with Gasteiger partial charge in [0.05, 0.1) is 10.6 Å². The van der Waals surface area contributed by atoms with E-state index in [0.29, 0.717) is 10.8 Å². The van der Waals surface area contributed by atoms with Crippen LogP contribution in [-0.4, -0.2) is 17.9 Å². The molecule has 3 rings (SSSR count). The molecule has 4 nitrogen and oxygen atoms in total. The number of benzene rings is 1. The van der Waals surface area contributed by atoms with Crippen molar-refractivity contribution in [2.75, 3.05) is 5.32 Å². The van der Waals surface area contributed by atoms with Gasteiger partial charge in [-0.3, -0.25) is 9.59 Å². The second-order valence-electron chi connectivity index (χ2n) is 5.94. The Labute approximate surface area is 134 Å². The first kappa shape index (κ1) is 15.2. The molecule has 116 valence electrons. The monoisotopic (exact) mass is 316 g/mol. The van der Waals surface area contributed by atoms with Crippen molar-refractivity contribution < 1.29 is 9.59 Å². The summed E-state index contributed by atoms with van der Waals surface area (Å²) in [5.74, 6) is 0.121. The minimum absolute atomic E-state index is 0.171. The van der Waals surface area contributed by atoms with Gasteiger partial charge >= 0.3 is 0 Å². The Morgan fingerprint density at radius 1 is 1.32 bits per heavy atom. The number of hydrogen-bond donors (Lipinski definition) is 2. The van der Waals surface area contributed by atoms with E-state index in [2.05, 4.69) is 17.6 Å². The van der Waals surface area contributed by atoms with Crippen molar-refractivity contribution in [3.63, 3.8) is 0 Å². The molecule has 2 N–H and O–H groups in total. The first-order chi connectivity index (χ1) is 10.6. The lowest BCUT2D eigenvalue weighted by atomic mass is 9.86. The van der Waals surface area contributed by atoms with Crippen molar-refractivity contribution >= 4 is 29.3 Å². The molecule has 1 aliphatic heterocycles. The molecule has 1 aliphatic carbocycles. The predicted octanol–water partition coefficient (Wildman–Crippen LogP) is 3.31. The molecule has 2 amide bonds. The van der Waals surface area contributed by atoms with E-state index in [1.54, 1.807) is 0 Å². The van der Waals surface area contributed by atoms with E-state index in [1.165, 1.54) is 24.3 Å². The molecule has 0 radical (unpaired) electrons. The second kappa shape index (κ2) is 6.57. The average molecular weight is 316 g/mol. The number of amides is 2. The van der Waals surface area contributed by atoms with Gasteiger partial charge in [-0.25, -0.2) is 0 Å². The fourth-order valence-electron chi connectivity index (χ4n) is 2.98. The van der Waals surface area contributed by atoms with Crippen LogP contribution in [0.15, 0.2) is 40.1 Å². The quantitative estimate of drug-likeness (QED) is 0.823. The molecule has 0 saturated heterocycles. The summed E-state index contributed by atoms with van der Waals surface area (Å²) >= 11 is 1.34. The van der Waals surface area contributed by atoms with Crippen LogP contribution in [0.5, 0.6) is 0 Å². The fraction of sp³-hybridized carbons (Fsp3) is 0.412. The molecule has 2 aliphatic rings. The normalized spacial score (nSPS) is 26.2. The SMILES string of the molecule is C[C@H]1CCCC[C@H]1NC(=O)/C=C1\Sc2ccccc2NC1=O. The van der Waals surface area contributed by atoms with Crippen LogP contribution in [0, 0.1) is 5.92 Å². The van der Waals surface area contributed by atoms with E-state index in [4.69, 9.17) is 0 Å². The Bertz CT molecular complexity index is 627. The molecule has 2 atom stereocenters. The number of para-hydroxylation sites is 1. The van der Waals surface area contributed by atoms with Gasteiger partial charge in [0.15, 0.2) is 0 Å². The summed E-state index contributed by atoms with van der Waals surface area (Å²) in [5, 5.41) is 5.87. The third-order valence-corrected chi connectivity index (χ3v) is 5.38. The van der Waals surface area contributed by atoms with Crippen LogP contribution in [-0.2, 0) is 9.59 Å². The molecule has 0 bridgehead atoms. The highest BCUT2D eigenvalue weighted by Crippen LogP contribution is 2.37. The molecule has 22 heavy (non-hydrogen) atoms. The van der Waals surface area contributed by atoms with Crippen LogP contribution < -0.4 is 10.6 Å². The van der Waals surface area contributed by atoms with Gasteiger partial charge in [-0.2, -0.15) is 0 Å². The zero-order valence-corrected chi connectivity index (χ0v) is 13.4. The Morgan fingerprint density at radius 3 is 2.91 bits per heavy atom. The van der Waals surface area contributed by atoms with Gasteiger partial charge < -0.3 is 10.6 Å². The lowest BCUT2D eigenvalue weighted by molar-refractivity contribution is -0.118. The molecule has 5 heteroatoms. The molecule has 0 unspecified atom stereocenters. The highest BCUT2D eigenvalue weighted by molar-refractivity contribution is 8.04. The van der Waals surface area contributed by atoms with Crippen LogP contribution in [0.3, 0.4) is 0 Å². The number of nitrogens with one attached hydrogen (secondary N) is 2. The number of hydrogen-bond acceptors (Lipinski definition) is 3. The van der Waals surface area contributed by atoms with Gasteiger partial charge in [0.1, 0.15) is 0 Å². The summed E-state index contributed by atoms with van der Waals surface area (Å²) < 4.78 is 0. The van der Waals surface area contributed by atoms with E-state index in [9.17, 15) is 9.59 Å². The van der Waals surface area contributed by atoms with E-state index in [0.717, 1.165) is 29.8 Å². The zero-order valence-electron chi connectivity index (χ0n) is 12.6. The lowest BCUT2D eigenvalue weighted by Crippen LogP contribution is -2.40. The van der Waals surface area contributed by atoms with Gasteiger partial charge in [0, 0.05) is 17.0 Å². The first-order valence-electron chi connectivity index (χ1n) is 7.74. The minimum Gasteiger partial charge on any atom is -0.350 e. The van der Waals surface area contributed by atoms with Gasteiger partial charge in [-0.1, -0.05) is 43.7 Å². The number of carbonyl (C=O) groups is 2. The lowest BCUT2D eigenvalue weighted by Gasteiger charge is -2.29. The Kier molecular flexibility index (Phi) is 4.52. The number of rotatable bonds is 2. The standard InChI is InChI=1S/C17H20N2O2S/c1-11-6-2-3-7-12(11)18-16(20)10-15-17(21)19-13-8-4-5-9-14(13)22-15/h4-5,8-12H,2-3,6-7H2,1H3,(H,18,20)(H,19,21)/b15-10-/t11-,12+/m0/s1. The molecule has 1 heterocycles. The van der Waals surface area contributed by atoms with Crippen molar-refractivity contribution in [2.45, 2.75) is 43.5 Å². The Morgan fingerprint density at radius 2 is 2.09 bits per heavy atom. The molecule has 1 aromatic rings. The summed E-state index contributed by atoms with van der Waals surface area (Å²) in [6, 6.07) is 7.83. The van der Waals surface area contributed by atoms with Crippen LogP contribution >= 0.6 is 11.8 Å². The topological polar surface area (TPSA) is 58.2 Å². The summed E-state index contributed by atoms with van der Waals surface area (Å²) in [7, 11) is 0. The van der Waals surface area contributed by atoms with E-state index in [-0.39, 0.29) is 17.9 Å². The van der Waals surface area contributed by atoms with Gasteiger partial charge in [-0.05, 0) is 30.9 Å². The highest BCUT2D eigenvalue weighted by Gasteiger charge is 2.24. The highest BCUT2D eigenvalue weighted by atomic mass is 32.2. The third-order valence-electron chi connectivity index (χ3n) is 4.28. The van der Waals surface area contributed by atoms with Gasteiger partial charge in [0.25, 0.3) is 5.91 Å². The molecule has 1 fully saturated rings. The van der Waals surface area contributed by atoms with Crippen LogP contribution in [0.2, 0.25) is 0 Å². The first-order valence-corrected chi connectivity index (χ1v) is 8.55. The van der Waals surface area contributed by atoms with E-state index >= 15 is 0 Å². The van der Waals surface area contributed by atoms with Crippen molar-refractivity contribution in [2.24, 2.45) is 5.92 Å². The average Bonchev–Trinajstić information content (AvgIpc) is 2.50. The molecular formula is C17H20N2O2S. The number of carbonyl (C=O) groups excluding carboxylic acids is 2. The van der Waals surface area contributed by atoms with E-state index < -0.39 is 0 Å². The smallest absolute Gasteiger partial charge is 0.262 e. The number of thioether (sulfide) groups is 1.